The lowest BCUT2D eigenvalue weighted by Gasteiger charge is -2.26. The second-order valence-corrected chi connectivity index (χ2v) is 8.45. The van der Waals surface area contributed by atoms with E-state index in [4.69, 9.17) is 16.4 Å². The minimum Gasteiger partial charge on any atom is -0.391 e. The van der Waals surface area contributed by atoms with Gasteiger partial charge in [0.1, 0.15) is 11.6 Å². The van der Waals surface area contributed by atoms with Crippen molar-refractivity contribution in [1.82, 2.24) is 20.6 Å². The van der Waals surface area contributed by atoms with E-state index in [0.717, 1.165) is 5.56 Å². The number of fused-ring (bicyclic) bond motifs is 1. The van der Waals surface area contributed by atoms with E-state index in [9.17, 15) is 23.5 Å². The zero-order valence-corrected chi connectivity index (χ0v) is 18.8. The number of benzene rings is 2. The maximum absolute atomic E-state index is 13.6. The lowest BCUT2D eigenvalue weighted by atomic mass is 10.0. The molecule has 2 aliphatic rings. The summed E-state index contributed by atoms with van der Waals surface area (Å²) in [4.78, 5) is 33.2. The molecule has 1 fully saturated rings. The summed E-state index contributed by atoms with van der Waals surface area (Å²) in [5.41, 5.74) is 4.25. The minimum atomic E-state index is -0.741. The van der Waals surface area contributed by atoms with Crippen molar-refractivity contribution in [3.05, 3.63) is 75.9 Å². The first-order valence-electron chi connectivity index (χ1n) is 10.6. The molecule has 2 aromatic rings. The van der Waals surface area contributed by atoms with Gasteiger partial charge in [-0.15, -0.1) is 0 Å². The Bertz CT molecular complexity index is 1120. The molecule has 11 heteroatoms. The second kappa shape index (κ2) is 10.4. The standard InChI is InChI=1S/C23H23ClF2N4O4/c24-21-15(2-1-3-20(21)26)10-27-22(32)30-12-19(31)9-18(30)13-34-28-23(33)29-7-6-14-8-17(25)5-4-16(14)11-29/h1-8,18-19,31H,9-13H2,(H,27,32)(H,28,33)/t18-,19+/m0/s1. The van der Waals surface area contributed by atoms with Crippen LogP contribution >= 0.6 is 11.6 Å². The first-order chi connectivity index (χ1) is 16.3. The van der Waals surface area contributed by atoms with E-state index in [2.05, 4.69) is 10.8 Å². The van der Waals surface area contributed by atoms with Crippen molar-refractivity contribution in [1.29, 1.82) is 0 Å². The van der Waals surface area contributed by atoms with Gasteiger partial charge in [-0.1, -0.05) is 29.8 Å². The topological polar surface area (TPSA) is 94.1 Å². The van der Waals surface area contributed by atoms with E-state index in [0.29, 0.717) is 11.1 Å². The van der Waals surface area contributed by atoms with Crippen LogP contribution in [0.3, 0.4) is 0 Å². The average Bonchev–Trinajstić information content (AvgIpc) is 3.19. The molecule has 0 aliphatic carbocycles. The monoisotopic (exact) mass is 492 g/mol. The van der Waals surface area contributed by atoms with E-state index in [1.807, 2.05) is 0 Å². The van der Waals surface area contributed by atoms with Gasteiger partial charge >= 0.3 is 12.1 Å². The van der Waals surface area contributed by atoms with Crippen LogP contribution in [0.1, 0.15) is 23.1 Å². The number of urea groups is 2. The maximum atomic E-state index is 13.6. The maximum Gasteiger partial charge on any atom is 0.345 e. The molecule has 180 valence electrons. The first kappa shape index (κ1) is 23.9. The van der Waals surface area contributed by atoms with Crippen LogP contribution in [0.25, 0.3) is 6.08 Å². The van der Waals surface area contributed by atoms with Gasteiger partial charge in [0.2, 0.25) is 0 Å². The van der Waals surface area contributed by atoms with Gasteiger partial charge < -0.3 is 15.3 Å². The summed E-state index contributed by atoms with van der Waals surface area (Å²) < 4.78 is 26.9. The Hall–Kier alpha value is -3.21. The summed E-state index contributed by atoms with van der Waals surface area (Å²) in [6, 6.07) is 7.18. The molecule has 0 bridgehead atoms. The highest BCUT2D eigenvalue weighted by Crippen LogP contribution is 2.22. The van der Waals surface area contributed by atoms with E-state index >= 15 is 0 Å². The number of nitrogens with one attached hydrogen (secondary N) is 2. The SMILES string of the molecule is O=C(NOC[C@@H]1C[C@@H](O)CN1C(=O)NCc1cccc(F)c1Cl)N1C=Cc2cc(F)ccc2C1. The van der Waals surface area contributed by atoms with Crippen molar-refractivity contribution in [3.8, 4) is 0 Å². The van der Waals surface area contributed by atoms with Gasteiger partial charge in [-0.05, 0) is 47.4 Å². The molecule has 3 N–H and O–H groups in total. The van der Waals surface area contributed by atoms with Crippen LogP contribution in [0.4, 0.5) is 18.4 Å². The van der Waals surface area contributed by atoms with E-state index in [1.54, 1.807) is 18.2 Å². The van der Waals surface area contributed by atoms with Crippen LogP contribution in [-0.2, 0) is 17.9 Å². The number of nitrogens with zero attached hydrogens (tertiary/aromatic N) is 2. The van der Waals surface area contributed by atoms with Gasteiger partial charge in [0.15, 0.2) is 0 Å². The van der Waals surface area contributed by atoms with E-state index < -0.39 is 30.0 Å². The number of β-amino-alcohol motifs (C(OH)–C–C–N with tert-alkyl or cyclic N) is 1. The zero-order chi connectivity index (χ0) is 24.2. The third-order valence-electron chi connectivity index (χ3n) is 5.69. The van der Waals surface area contributed by atoms with E-state index in [-0.39, 0.29) is 43.5 Å². The normalized spacial score (nSPS) is 19.2. The number of likely N-dealkylation sites (tertiary alicyclic amines) is 1. The third-order valence-corrected chi connectivity index (χ3v) is 6.12. The lowest BCUT2D eigenvalue weighted by Crippen LogP contribution is -2.46. The zero-order valence-electron chi connectivity index (χ0n) is 18.0. The second-order valence-electron chi connectivity index (χ2n) is 8.07. The summed E-state index contributed by atoms with van der Waals surface area (Å²) in [6.45, 7) is 0.308. The fraction of sp³-hybridized carbons (Fsp3) is 0.304. The molecule has 2 atom stereocenters. The molecule has 2 aliphatic heterocycles. The van der Waals surface area contributed by atoms with Gasteiger partial charge in [-0.25, -0.2) is 23.9 Å². The molecule has 2 aromatic carbocycles. The van der Waals surface area contributed by atoms with Gasteiger partial charge in [0.25, 0.3) is 0 Å². The molecule has 1 saturated heterocycles. The number of aliphatic hydroxyl groups is 1. The molecule has 34 heavy (non-hydrogen) atoms. The number of hydrogen-bond acceptors (Lipinski definition) is 4. The molecule has 0 aromatic heterocycles. The molecular formula is C23H23ClF2N4O4. The summed E-state index contributed by atoms with van der Waals surface area (Å²) in [6.07, 6.45) is 2.69. The fourth-order valence-corrected chi connectivity index (χ4v) is 4.12. The van der Waals surface area contributed by atoms with Gasteiger partial charge in [0.05, 0.1) is 30.3 Å². The number of hydrogen-bond donors (Lipinski definition) is 3. The number of amides is 4. The number of aliphatic hydroxyl groups excluding tert-OH is 1. The molecular weight excluding hydrogens is 470 g/mol. The Kier molecular flexibility index (Phi) is 7.30. The highest BCUT2D eigenvalue weighted by molar-refractivity contribution is 6.31. The van der Waals surface area contributed by atoms with Crippen LogP contribution in [-0.4, -0.2) is 52.3 Å². The van der Waals surface area contributed by atoms with Crippen molar-refractivity contribution in [2.24, 2.45) is 0 Å². The van der Waals surface area contributed by atoms with Gasteiger partial charge in [-0.2, -0.15) is 0 Å². The Labute approximate surface area is 199 Å². The largest absolute Gasteiger partial charge is 0.391 e. The molecule has 0 unspecified atom stereocenters. The number of hydroxylamine groups is 1. The summed E-state index contributed by atoms with van der Waals surface area (Å²) >= 11 is 5.92. The molecule has 2 heterocycles. The first-order valence-corrected chi connectivity index (χ1v) is 11.0. The number of rotatable bonds is 5. The van der Waals surface area contributed by atoms with Gasteiger partial charge in [-0.3, -0.25) is 9.74 Å². The summed E-state index contributed by atoms with van der Waals surface area (Å²) in [5, 5.41) is 12.6. The average molecular weight is 493 g/mol. The molecule has 8 nitrogen and oxygen atoms in total. The van der Waals surface area contributed by atoms with Crippen LogP contribution in [0.2, 0.25) is 5.02 Å². The molecule has 4 amide bonds. The van der Waals surface area contributed by atoms with Crippen molar-refractivity contribution in [2.45, 2.75) is 31.7 Å². The van der Waals surface area contributed by atoms with Crippen molar-refractivity contribution in [3.63, 3.8) is 0 Å². The molecule has 0 radical (unpaired) electrons. The van der Waals surface area contributed by atoms with Crippen LogP contribution in [0.15, 0.2) is 42.6 Å². The van der Waals surface area contributed by atoms with Crippen LogP contribution in [0.5, 0.6) is 0 Å². The number of carbonyl (C=O) groups excluding carboxylic acids is 2. The fourth-order valence-electron chi connectivity index (χ4n) is 3.93. The number of halogens is 3. The summed E-state index contributed by atoms with van der Waals surface area (Å²) in [5.74, 6) is -0.928. The summed E-state index contributed by atoms with van der Waals surface area (Å²) in [7, 11) is 0. The van der Waals surface area contributed by atoms with Crippen LogP contribution < -0.4 is 10.8 Å². The highest BCUT2D eigenvalue weighted by atomic mass is 35.5. The number of carbonyl (C=O) groups is 2. The smallest absolute Gasteiger partial charge is 0.345 e. The van der Waals surface area contributed by atoms with Crippen molar-refractivity contribution >= 4 is 29.7 Å². The third kappa shape index (κ3) is 5.46. The Balaban J connectivity index is 1.27. The Morgan fingerprint density at radius 3 is 2.85 bits per heavy atom. The lowest BCUT2D eigenvalue weighted by molar-refractivity contribution is 0.0249. The molecule has 0 spiro atoms. The Morgan fingerprint density at radius 1 is 1.21 bits per heavy atom. The quantitative estimate of drug-likeness (QED) is 0.558. The van der Waals surface area contributed by atoms with Gasteiger partial charge in [0, 0.05) is 19.3 Å². The Morgan fingerprint density at radius 2 is 2.03 bits per heavy atom. The van der Waals surface area contributed by atoms with Crippen molar-refractivity contribution in [2.75, 3.05) is 13.2 Å². The van der Waals surface area contributed by atoms with E-state index in [1.165, 1.54) is 40.3 Å². The predicted octanol–water partition coefficient (Wildman–Crippen LogP) is 3.39. The molecule has 4 rings (SSSR count). The minimum absolute atomic E-state index is 0.0129. The highest BCUT2D eigenvalue weighted by Gasteiger charge is 2.35. The molecule has 0 saturated carbocycles. The van der Waals surface area contributed by atoms with Crippen LogP contribution in [0, 0.1) is 11.6 Å². The van der Waals surface area contributed by atoms with Crippen molar-refractivity contribution < 1.29 is 28.3 Å². The predicted molar refractivity (Wildman–Crippen MR) is 120 cm³/mol.